The maximum atomic E-state index is 12.4. The Hall–Kier alpha value is -3.40. The van der Waals surface area contributed by atoms with Crippen molar-refractivity contribution >= 4 is 21.8 Å². The minimum Gasteiger partial charge on any atom is -0.497 e. The number of amides is 1. The lowest BCUT2D eigenvalue weighted by Gasteiger charge is -2.07. The normalized spacial score (nSPS) is 11.1. The Kier molecular flexibility index (Phi) is 5.59. The fourth-order valence-electron chi connectivity index (χ4n) is 2.34. The van der Waals surface area contributed by atoms with E-state index in [1.807, 2.05) is 0 Å². The van der Waals surface area contributed by atoms with Gasteiger partial charge in [0.05, 0.1) is 19.1 Å². The molecule has 1 heterocycles. The van der Waals surface area contributed by atoms with Gasteiger partial charge in [-0.15, -0.1) is 5.10 Å². The van der Waals surface area contributed by atoms with Crippen LogP contribution in [0.4, 0.5) is 6.01 Å². The highest BCUT2D eigenvalue weighted by atomic mass is 32.2. The van der Waals surface area contributed by atoms with Crippen molar-refractivity contribution in [1.82, 2.24) is 10.2 Å². The second-order valence-electron chi connectivity index (χ2n) is 5.63. The number of methoxy groups -OCH3 is 2. The summed E-state index contributed by atoms with van der Waals surface area (Å²) in [6.45, 7) is 0. The second-order valence-corrected chi connectivity index (χ2v) is 7.62. The maximum absolute atomic E-state index is 12.4. The van der Waals surface area contributed by atoms with Crippen molar-refractivity contribution in [3.63, 3.8) is 0 Å². The van der Waals surface area contributed by atoms with Gasteiger partial charge in [0, 0.05) is 11.6 Å². The number of rotatable bonds is 7. The predicted molar refractivity (Wildman–Crippen MR) is 99.1 cm³/mol. The molecule has 10 heteroatoms. The Balaban J connectivity index is 1.74. The van der Waals surface area contributed by atoms with E-state index in [4.69, 9.17) is 13.9 Å². The van der Waals surface area contributed by atoms with Crippen LogP contribution in [0, 0.1) is 0 Å². The summed E-state index contributed by atoms with van der Waals surface area (Å²) in [5.41, 5.74) is 0.243. The summed E-state index contributed by atoms with van der Waals surface area (Å²) in [5, 5.41) is 9.77. The summed E-state index contributed by atoms with van der Waals surface area (Å²) in [6, 6.07) is 12.3. The number of nitrogens with one attached hydrogen (secondary N) is 1. The number of hydrogen-bond donors (Lipinski definition) is 1. The molecule has 0 radical (unpaired) electrons. The molecule has 0 bridgehead atoms. The van der Waals surface area contributed by atoms with Gasteiger partial charge in [0.2, 0.25) is 5.89 Å². The van der Waals surface area contributed by atoms with Crippen molar-refractivity contribution in [2.45, 2.75) is 10.6 Å². The Morgan fingerprint density at radius 3 is 2.29 bits per heavy atom. The largest absolute Gasteiger partial charge is 0.497 e. The number of aromatic nitrogens is 2. The Labute approximate surface area is 161 Å². The lowest BCUT2D eigenvalue weighted by Crippen LogP contribution is -2.12. The van der Waals surface area contributed by atoms with Crippen LogP contribution < -0.4 is 14.8 Å². The van der Waals surface area contributed by atoms with E-state index in [0.717, 1.165) is 0 Å². The van der Waals surface area contributed by atoms with Crippen LogP contribution in [0.15, 0.2) is 57.8 Å². The van der Waals surface area contributed by atoms with Crippen LogP contribution in [0.1, 0.15) is 16.2 Å². The fraction of sp³-hybridized carbons (Fsp3) is 0.167. The summed E-state index contributed by atoms with van der Waals surface area (Å²) in [6.07, 6.45) is 0. The zero-order valence-corrected chi connectivity index (χ0v) is 15.9. The first-order valence-electron chi connectivity index (χ1n) is 8.06. The van der Waals surface area contributed by atoms with Gasteiger partial charge in [-0.2, -0.15) is 0 Å². The molecule has 1 aromatic heterocycles. The molecule has 0 atom stereocenters. The third-order valence-corrected chi connectivity index (χ3v) is 5.33. The van der Waals surface area contributed by atoms with Crippen LogP contribution in [-0.2, 0) is 15.6 Å². The highest BCUT2D eigenvalue weighted by Crippen LogP contribution is 2.23. The van der Waals surface area contributed by atoms with E-state index in [0.29, 0.717) is 11.5 Å². The van der Waals surface area contributed by atoms with Gasteiger partial charge < -0.3 is 13.9 Å². The first-order valence-corrected chi connectivity index (χ1v) is 9.71. The smallest absolute Gasteiger partial charge is 0.322 e. The van der Waals surface area contributed by atoms with Gasteiger partial charge in [0.1, 0.15) is 17.3 Å². The number of benzene rings is 2. The van der Waals surface area contributed by atoms with Crippen LogP contribution in [0.25, 0.3) is 0 Å². The zero-order valence-electron chi connectivity index (χ0n) is 15.1. The molecule has 0 saturated heterocycles. The van der Waals surface area contributed by atoms with Crippen molar-refractivity contribution in [2.75, 3.05) is 19.5 Å². The number of nitrogens with zero attached hydrogens (tertiary/aromatic N) is 2. The molecule has 3 rings (SSSR count). The van der Waals surface area contributed by atoms with Crippen molar-refractivity contribution in [1.29, 1.82) is 0 Å². The van der Waals surface area contributed by atoms with E-state index in [2.05, 4.69) is 15.5 Å². The van der Waals surface area contributed by atoms with Gasteiger partial charge in [0.25, 0.3) is 5.91 Å². The maximum Gasteiger partial charge on any atom is 0.322 e. The SMILES string of the molecule is COc1cc(OC)cc(C(=O)Nc2nnc(CS(=O)(=O)c3ccccc3)o2)c1. The Bertz CT molecular complexity index is 1060. The highest BCUT2D eigenvalue weighted by Gasteiger charge is 2.20. The van der Waals surface area contributed by atoms with E-state index in [-0.39, 0.29) is 22.4 Å². The molecule has 3 aromatic rings. The molecule has 0 unspecified atom stereocenters. The molecule has 0 saturated carbocycles. The van der Waals surface area contributed by atoms with Crippen molar-refractivity contribution in [2.24, 2.45) is 0 Å². The minimum absolute atomic E-state index is 0.137. The molecule has 0 aliphatic heterocycles. The second kappa shape index (κ2) is 8.09. The van der Waals surface area contributed by atoms with E-state index < -0.39 is 21.5 Å². The third kappa shape index (κ3) is 4.46. The number of ether oxygens (including phenoxy) is 2. The van der Waals surface area contributed by atoms with Crippen molar-refractivity contribution in [3.8, 4) is 11.5 Å². The summed E-state index contributed by atoms with van der Waals surface area (Å²) >= 11 is 0. The first-order chi connectivity index (χ1) is 13.4. The summed E-state index contributed by atoms with van der Waals surface area (Å²) in [7, 11) is -0.708. The number of carbonyl (C=O) groups excluding carboxylic acids is 1. The van der Waals surface area contributed by atoms with Crippen LogP contribution in [0.5, 0.6) is 11.5 Å². The molecule has 28 heavy (non-hydrogen) atoms. The van der Waals surface area contributed by atoms with Gasteiger partial charge in [0.15, 0.2) is 9.84 Å². The average molecular weight is 403 g/mol. The number of anilines is 1. The molecular weight excluding hydrogens is 386 g/mol. The molecule has 146 valence electrons. The quantitative estimate of drug-likeness (QED) is 0.638. The van der Waals surface area contributed by atoms with Gasteiger partial charge in [-0.1, -0.05) is 23.3 Å². The monoisotopic (exact) mass is 403 g/mol. The minimum atomic E-state index is -3.64. The van der Waals surface area contributed by atoms with Crippen LogP contribution in [-0.4, -0.2) is 38.7 Å². The predicted octanol–water partition coefficient (Wildman–Crippen LogP) is 2.31. The molecule has 9 nitrogen and oxygen atoms in total. The average Bonchev–Trinajstić information content (AvgIpc) is 3.14. The molecule has 0 aliphatic carbocycles. The van der Waals surface area contributed by atoms with E-state index in [1.54, 1.807) is 24.3 Å². The summed E-state index contributed by atoms with van der Waals surface area (Å²) in [5.74, 6) is -0.289. The molecular formula is C18H17N3O6S. The van der Waals surface area contributed by atoms with Crippen LogP contribution in [0.3, 0.4) is 0 Å². The summed E-state index contributed by atoms with van der Waals surface area (Å²) < 4.78 is 40.2. The van der Waals surface area contributed by atoms with Gasteiger partial charge >= 0.3 is 6.01 Å². The van der Waals surface area contributed by atoms with Crippen LogP contribution in [0.2, 0.25) is 0 Å². The zero-order chi connectivity index (χ0) is 20.1. The number of hydrogen-bond acceptors (Lipinski definition) is 8. The molecule has 0 fully saturated rings. The van der Waals surface area contributed by atoms with Crippen molar-refractivity contribution < 1.29 is 27.1 Å². The topological polar surface area (TPSA) is 121 Å². The molecule has 1 amide bonds. The Morgan fingerprint density at radius 2 is 1.68 bits per heavy atom. The van der Waals surface area contributed by atoms with Crippen LogP contribution >= 0.6 is 0 Å². The lowest BCUT2D eigenvalue weighted by molar-refractivity contribution is 0.102. The Morgan fingerprint density at radius 1 is 1.04 bits per heavy atom. The third-order valence-electron chi connectivity index (χ3n) is 3.72. The van der Waals surface area contributed by atoms with E-state index in [9.17, 15) is 13.2 Å². The first kappa shape index (κ1) is 19.4. The molecule has 0 spiro atoms. The van der Waals surface area contributed by atoms with Crippen molar-refractivity contribution in [3.05, 3.63) is 60.0 Å². The highest BCUT2D eigenvalue weighted by molar-refractivity contribution is 7.90. The molecule has 1 N–H and O–H groups in total. The van der Waals surface area contributed by atoms with E-state index in [1.165, 1.54) is 38.5 Å². The van der Waals surface area contributed by atoms with Gasteiger partial charge in [-0.25, -0.2) is 8.42 Å². The summed E-state index contributed by atoms with van der Waals surface area (Å²) in [4.78, 5) is 12.5. The van der Waals surface area contributed by atoms with Gasteiger partial charge in [-0.3, -0.25) is 10.1 Å². The number of sulfone groups is 1. The van der Waals surface area contributed by atoms with Gasteiger partial charge in [-0.05, 0) is 24.3 Å². The molecule has 0 aliphatic rings. The van der Waals surface area contributed by atoms with E-state index >= 15 is 0 Å². The fourth-order valence-corrected chi connectivity index (χ4v) is 3.52. The molecule has 2 aromatic carbocycles. The standard InChI is InChI=1S/C18H17N3O6S/c1-25-13-8-12(9-14(10-13)26-2)17(22)19-18-21-20-16(27-18)11-28(23,24)15-6-4-3-5-7-15/h3-10H,11H2,1-2H3,(H,19,21,22). The number of carbonyl (C=O) groups is 1. The lowest BCUT2D eigenvalue weighted by atomic mass is 10.2.